The van der Waals surface area contributed by atoms with Crippen LogP contribution in [0.15, 0.2) is 18.7 Å². The Kier molecular flexibility index (Phi) is 5.34. The third kappa shape index (κ3) is 6.08. The molecule has 0 aliphatic carbocycles. The summed E-state index contributed by atoms with van der Waals surface area (Å²) < 4.78 is 87.9. The lowest BCUT2D eigenvalue weighted by atomic mass is 10.6. The van der Waals surface area contributed by atoms with Crippen molar-refractivity contribution < 1.29 is 44.5 Å². The zero-order valence-electron chi connectivity index (χ0n) is 8.63. The minimum Gasteiger partial charge on any atom is -0.263 e. The minimum absolute atomic E-state index is 0.181. The number of carbonyl (C=O) groups excluding carboxylic acids is 1. The zero-order chi connectivity index (χ0) is 15.3. The van der Waals surface area contributed by atoms with Crippen LogP contribution < -0.4 is 9.71 Å². The van der Waals surface area contributed by atoms with Gasteiger partial charge in [-0.3, -0.25) is 14.8 Å². The van der Waals surface area contributed by atoms with Crippen molar-refractivity contribution in [2.75, 3.05) is 0 Å². The molecule has 1 rings (SSSR count). The van der Waals surface area contributed by atoms with Crippen molar-refractivity contribution in [2.45, 2.75) is 11.7 Å². The molecule has 1 heterocycles. The molecular weight excluding hydrogens is 308 g/mol. The SMILES string of the molecule is O=C(NS(=O)(=O)C(F)(F)F)C(F)(F)F.c1c[nH+]c[nH]1. The van der Waals surface area contributed by atoms with Crippen LogP contribution in [-0.2, 0) is 14.8 Å². The van der Waals surface area contributed by atoms with Crippen molar-refractivity contribution in [1.82, 2.24) is 9.71 Å². The number of aromatic nitrogens is 2. The van der Waals surface area contributed by atoms with Crippen LogP contribution in [0.1, 0.15) is 0 Å². The summed E-state index contributed by atoms with van der Waals surface area (Å²) in [7, 11) is -6.30. The Balaban J connectivity index is 0.000000532. The van der Waals surface area contributed by atoms with Gasteiger partial charge in [0.2, 0.25) is 6.33 Å². The van der Waals surface area contributed by atoms with Gasteiger partial charge in [0.15, 0.2) is 0 Å². The highest BCUT2D eigenvalue weighted by Gasteiger charge is 2.51. The molecule has 0 aromatic carbocycles. The summed E-state index contributed by atoms with van der Waals surface area (Å²) in [6, 6.07) is 0. The fraction of sp³-hybridized carbons (Fsp3) is 0.333. The van der Waals surface area contributed by atoms with Gasteiger partial charge in [0.05, 0.1) is 0 Å². The van der Waals surface area contributed by atoms with Crippen LogP contribution in [0.3, 0.4) is 0 Å². The van der Waals surface area contributed by atoms with E-state index in [4.69, 9.17) is 0 Å². The van der Waals surface area contributed by atoms with E-state index < -0.39 is 27.6 Å². The van der Waals surface area contributed by atoms with Crippen molar-refractivity contribution in [3.8, 4) is 0 Å². The van der Waals surface area contributed by atoms with E-state index in [1.165, 1.54) is 0 Å². The summed E-state index contributed by atoms with van der Waals surface area (Å²) in [6.45, 7) is 0. The fourth-order valence-corrected chi connectivity index (χ4v) is 0.954. The molecule has 110 valence electrons. The van der Waals surface area contributed by atoms with Crippen molar-refractivity contribution >= 4 is 15.9 Å². The second-order valence-electron chi connectivity index (χ2n) is 2.69. The Hall–Kier alpha value is -1.79. The average Bonchev–Trinajstić information content (AvgIpc) is 2.70. The predicted molar refractivity (Wildman–Crippen MR) is 46.5 cm³/mol. The van der Waals surface area contributed by atoms with Gasteiger partial charge < -0.3 is 0 Å². The Labute approximate surface area is 101 Å². The lowest BCUT2D eigenvalue weighted by molar-refractivity contribution is -0.375. The molecule has 1 aromatic heterocycles. The third-order valence-corrected chi connectivity index (χ3v) is 2.30. The molecule has 0 unspecified atom stereocenters. The maximum absolute atomic E-state index is 11.4. The van der Waals surface area contributed by atoms with Gasteiger partial charge in [-0.1, -0.05) is 0 Å². The Morgan fingerprint density at radius 1 is 1.16 bits per heavy atom. The predicted octanol–water partition coefficient (Wildman–Crippen LogP) is 0.343. The summed E-state index contributed by atoms with van der Waals surface area (Å²) in [4.78, 5) is 15.4. The van der Waals surface area contributed by atoms with Crippen LogP contribution in [-0.4, -0.2) is 31.0 Å². The van der Waals surface area contributed by atoms with Crippen LogP contribution in [0.5, 0.6) is 0 Å². The molecule has 1 amide bonds. The second kappa shape index (κ2) is 5.90. The van der Waals surface area contributed by atoms with Crippen LogP contribution in [0.25, 0.3) is 0 Å². The van der Waals surface area contributed by atoms with E-state index in [1.807, 2.05) is 12.4 Å². The smallest absolute Gasteiger partial charge is 0.263 e. The highest BCUT2D eigenvalue weighted by Crippen LogP contribution is 2.23. The summed E-state index contributed by atoms with van der Waals surface area (Å²) in [5.74, 6) is -3.20. The number of carbonyl (C=O) groups is 1. The van der Waals surface area contributed by atoms with Gasteiger partial charge in [-0.15, -0.1) is 0 Å². The first-order chi connectivity index (χ1) is 8.38. The quantitative estimate of drug-likeness (QED) is 0.732. The Morgan fingerprint density at radius 2 is 1.68 bits per heavy atom. The number of hydrogen-bond acceptors (Lipinski definition) is 3. The first-order valence-electron chi connectivity index (χ1n) is 4.07. The molecule has 0 atom stereocenters. The first kappa shape index (κ1) is 17.2. The molecule has 0 saturated heterocycles. The fourth-order valence-electron chi connectivity index (χ4n) is 0.478. The van der Waals surface area contributed by atoms with Gasteiger partial charge in [0.25, 0.3) is 0 Å². The van der Waals surface area contributed by atoms with E-state index >= 15 is 0 Å². The molecule has 0 saturated carbocycles. The molecule has 13 heteroatoms. The van der Waals surface area contributed by atoms with Gasteiger partial charge in [0.1, 0.15) is 12.4 Å². The van der Waals surface area contributed by atoms with Gasteiger partial charge in [-0.25, -0.2) is 4.72 Å². The lowest BCUT2D eigenvalue weighted by Crippen LogP contribution is -2.46. The van der Waals surface area contributed by atoms with Gasteiger partial charge >= 0.3 is 27.6 Å². The van der Waals surface area contributed by atoms with E-state index in [0.717, 1.165) is 0 Å². The molecule has 0 aliphatic heterocycles. The number of halogens is 6. The van der Waals surface area contributed by atoms with Crippen molar-refractivity contribution in [3.63, 3.8) is 0 Å². The molecule has 6 nitrogen and oxygen atoms in total. The molecule has 3 N–H and O–H groups in total. The summed E-state index contributed by atoms with van der Waals surface area (Å²) in [6.07, 6.45) is -0.307. The maximum Gasteiger partial charge on any atom is 0.516 e. The van der Waals surface area contributed by atoms with Crippen LogP contribution in [0, 0.1) is 0 Å². The molecule has 1 aromatic rings. The Morgan fingerprint density at radius 3 is 1.89 bits per heavy atom. The Bertz CT molecular complexity index is 474. The van der Waals surface area contributed by atoms with Crippen molar-refractivity contribution in [1.29, 1.82) is 0 Å². The number of alkyl halides is 6. The van der Waals surface area contributed by atoms with E-state index in [0.29, 0.717) is 0 Å². The van der Waals surface area contributed by atoms with Gasteiger partial charge in [-0.2, -0.15) is 34.8 Å². The van der Waals surface area contributed by atoms with Gasteiger partial charge in [-0.05, 0) is 0 Å². The van der Waals surface area contributed by atoms with Crippen molar-refractivity contribution in [2.24, 2.45) is 0 Å². The van der Waals surface area contributed by atoms with Crippen LogP contribution in [0.4, 0.5) is 26.3 Å². The summed E-state index contributed by atoms with van der Waals surface area (Å²) >= 11 is 0. The third-order valence-electron chi connectivity index (χ3n) is 1.23. The molecule has 0 radical (unpaired) electrons. The lowest BCUT2D eigenvalue weighted by Gasteiger charge is -2.10. The first-order valence-corrected chi connectivity index (χ1v) is 5.55. The molecule has 0 aliphatic rings. The number of rotatable bonds is 1. The standard InChI is InChI=1S/C3HF6NO3S.C3H4N2/c4-2(5,6)1(11)10-14(12,13)3(7,8)9;1-2-5-3-4-1/h(H,10,11);1-3H,(H,4,5)/p+1. The second-order valence-corrected chi connectivity index (χ2v) is 4.36. The number of aromatic amines is 2. The number of H-pyrrole nitrogens is 2. The highest BCUT2D eigenvalue weighted by molar-refractivity contribution is 7.90. The molecule has 0 spiro atoms. The topological polar surface area (TPSA) is 93.2 Å². The van der Waals surface area contributed by atoms with E-state index in [-0.39, 0.29) is 4.72 Å². The monoisotopic (exact) mass is 314 g/mol. The average molecular weight is 314 g/mol. The number of hydrogen-bond donors (Lipinski definition) is 2. The summed E-state index contributed by atoms with van der Waals surface area (Å²) in [5, 5.41) is 0. The molecular formula is C6H6F6N3O3S+. The van der Waals surface area contributed by atoms with Crippen molar-refractivity contribution in [3.05, 3.63) is 18.7 Å². The summed E-state index contributed by atoms with van der Waals surface area (Å²) in [5.41, 5.74) is -5.96. The number of sulfonamides is 1. The highest BCUT2D eigenvalue weighted by atomic mass is 32.2. The van der Waals surface area contributed by atoms with E-state index in [2.05, 4.69) is 9.97 Å². The molecule has 0 fully saturated rings. The van der Waals surface area contributed by atoms with E-state index in [1.54, 1.807) is 6.33 Å². The largest absolute Gasteiger partial charge is 0.516 e. The van der Waals surface area contributed by atoms with E-state index in [9.17, 15) is 39.6 Å². The molecule has 0 bridgehead atoms. The normalized spacial score (nSPS) is 12.3. The zero-order valence-corrected chi connectivity index (χ0v) is 9.45. The maximum atomic E-state index is 11.4. The molecule has 19 heavy (non-hydrogen) atoms. The minimum atomic E-state index is -6.30. The van der Waals surface area contributed by atoms with Crippen LogP contribution in [0.2, 0.25) is 0 Å². The number of amides is 1. The van der Waals surface area contributed by atoms with Crippen LogP contribution >= 0.6 is 0 Å². The van der Waals surface area contributed by atoms with Gasteiger partial charge in [0, 0.05) is 0 Å². The number of imidazole rings is 1. The number of nitrogens with one attached hydrogen (secondary N) is 3.